The van der Waals surface area contributed by atoms with E-state index in [2.05, 4.69) is 67.1 Å². The van der Waals surface area contributed by atoms with E-state index in [-0.39, 0.29) is 23.0 Å². The van der Waals surface area contributed by atoms with E-state index < -0.39 is 40.4 Å². The molecule has 9 nitrogen and oxygen atoms in total. The molecule has 2 aliphatic carbocycles. The van der Waals surface area contributed by atoms with Crippen molar-refractivity contribution in [1.82, 2.24) is 13.9 Å². The first kappa shape index (κ1) is 38.0. The predicted molar refractivity (Wildman–Crippen MR) is 212 cm³/mol. The summed E-state index contributed by atoms with van der Waals surface area (Å²) in [4.78, 5) is -0.210. The number of ether oxygens (including phenoxy) is 1. The first-order chi connectivity index (χ1) is 26.9. The molecule has 2 fully saturated rings. The second-order valence-electron chi connectivity index (χ2n) is 14.7. The fraction of sp³-hybridized carbons (Fsp3) is 0.302. The van der Waals surface area contributed by atoms with Gasteiger partial charge in [-0.2, -0.15) is 0 Å². The Kier molecular flexibility index (Phi) is 10.3. The number of halogens is 3. The molecular formula is C43H43F3N4O5S. The Morgan fingerprint density at radius 2 is 1.02 bits per heavy atom. The molecule has 2 unspecified atom stereocenters. The largest absolute Gasteiger partial charge is 0.573 e. The summed E-state index contributed by atoms with van der Waals surface area (Å²) in [5, 5.41) is 26.5. The van der Waals surface area contributed by atoms with E-state index in [4.69, 9.17) is 5.73 Å². The number of rotatable bonds is 6. The van der Waals surface area contributed by atoms with Crippen molar-refractivity contribution in [2.45, 2.75) is 86.2 Å². The Balaban J connectivity index is 0.000000178. The van der Waals surface area contributed by atoms with Gasteiger partial charge in [-0.15, -0.1) is 13.2 Å². The van der Waals surface area contributed by atoms with Crippen LogP contribution in [-0.2, 0) is 10.0 Å². The van der Waals surface area contributed by atoms with Crippen LogP contribution in [-0.4, -0.2) is 58.4 Å². The molecule has 2 heterocycles. The number of fused-ring (bicyclic) bond motifs is 6. The maximum Gasteiger partial charge on any atom is 0.573 e. The van der Waals surface area contributed by atoms with E-state index in [1.807, 2.05) is 48.5 Å². The lowest BCUT2D eigenvalue weighted by molar-refractivity contribution is -0.274. The van der Waals surface area contributed by atoms with Gasteiger partial charge in [0.15, 0.2) is 0 Å². The van der Waals surface area contributed by atoms with Gasteiger partial charge in [0.2, 0.25) is 10.0 Å². The molecule has 0 radical (unpaired) electrons. The topological polar surface area (TPSA) is 132 Å². The van der Waals surface area contributed by atoms with E-state index in [0.29, 0.717) is 19.3 Å². The molecule has 292 valence electrons. The summed E-state index contributed by atoms with van der Waals surface area (Å²) in [5.74, 6) is -0.513. The smallest absolute Gasteiger partial charge is 0.406 e. The number of nitrogens with one attached hydrogen (secondary N) is 1. The molecule has 2 aromatic heterocycles. The van der Waals surface area contributed by atoms with Crippen molar-refractivity contribution >= 4 is 53.6 Å². The fourth-order valence-corrected chi connectivity index (χ4v) is 10.0. The van der Waals surface area contributed by atoms with Gasteiger partial charge in [0.25, 0.3) is 0 Å². The molecule has 0 saturated heterocycles. The maximum atomic E-state index is 13.0. The van der Waals surface area contributed by atoms with Crippen LogP contribution in [0.3, 0.4) is 0 Å². The van der Waals surface area contributed by atoms with Gasteiger partial charge in [-0.25, -0.2) is 13.1 Å². The van der Waals surface area contributed by atoms with Gasteiger partial charge in [-0.1, -0.05) is 72.8 Å². The molecule has 0 aliphatic heterocycles. The number of nitrogens with two attached hydrogens (primary N) is 1. The molecule has 56 heavy (non-hydrogen) atoms. The molecule has 7 aromatic rings. The highest BCUT2D eigenvalue weighted by Gasteiger charge is 2.37. The summed E-state index contributed by atoms with van der Waals surface area (Å²) >= 11 is 0. The summed E-state index contributed by atoms with van der Waals surface area (Å²) in [6.45, 7) is 0. The summed E-state index contributed by atoms with van der Waals surface area (Å²) in [5.41, 5.74) is 10.4. The minimum Gasteiger partial charge on any atom is -0.406 e. The summed E-state index contributed by atoms with van der Waals surface area (Å²) in [6.07, 6.45) is -1.59. The molecular weight excluding hydrogens is 742 g/mol. The van der Waals surface area contributed by atoms with Gasteiger partial charge in [-0.3, -0.25) is 0 Å². The van der Waals surface area contributed by atoms with E-state index in [1.54, 1.807) is 0 Å². The SMILES string of the molecule is N[C@H]1CCCC(n2c3ccccc3c3ccccc32)[C@@H]1O.O=S(=O)(N[C@H]1CCCC(n2c3ccccc3c3ccccc32)[C@@H]1O)c1ccc(OC(F)(F)F)cc1. The van der Waals surface area contributed by atoms with Gasteiger partial charge in [0.05, 0.1) is 35.2 Å². The number of hydrogen-bond donors (Lipinski definition) is 4. The Morgan fingerprint density at radius 1 is 0.607 bits per heavy atom. The van der Waals surface area contributed by atoms with Crippen LogP contribution in [0, 0.1) is 0 Å². The molecule has 0 amide bonds. The van der Waals surface area contributed by atoms with E-state index in [1.165, 1.54) is 21.8 Å². The lowest BCUT2D eigenvalue weighted by Crippen LogP contribution is -2.49. The van der Waals surface area contributed by atoms with Crippen LogP contribution in [0.15, 0.2) is 126 Å². The average Bonchev–Trinajstić information content (AvgIpc) is 3.70. The minimum atomic E-state index is -4.87. The molecule has 5 N–H and O–H groups in total. The second kappa shape index (κ2) is 15.2. The minimum absolute atomic E-state index is 0.0681. The average molecular weight is 785 g/mol. The molecule has 2 aliphatic rings. The highest BCUT2D eigenvalue weighted by Crippen LogP contribution is 2.39. The third-order valence-corrected chi connectivity index (χ3v) is 12.8. The molecule has 9 rings (SSSR count). The van der Waals surface area contributed by atoms with E-state index in [9.17, 15) is 31.8 Å². The fourth-order valence-electron chi connectivity index (χ4n) is 8.75. The van der Waals surface area contributed by atoms with Crippen molar-refractivity contribution in [2.75, 3.05) is 0 Å². The van der Waals surface area contributed by atoms with Crippen LogP contribution in [0.2, 0.25) is 0 Å². The maximum absolute atomic E-state index is 13.0. The summed E-state index contributed by atoms with van der Waals surface area (Å²) < 4.78 is 73.9. The Hall–Kier alpha value is -4.92. The van der Waals surface area contributed by atoms with Crippen molar-refractivity contribution in [2.24, 2.45) is 5.73 Å². The van der Waals surface area contributed by atoms with Crippen LogP contribution in [0.25, 0.3) is 43.6 Å². The van der Waals surface area contributed by atoms with Gasteiger partial charge >= 0.3 is 6.36 Å². The van der Waals surface area contributed by atoms with Crippen LogP contribution < -0.4 is 15.2 Å². The second-order valence-corrected chi connectivity index (χ2v) is 16.4. The number of aromatic nitrogens is 2. The number of para-hydroxylation sites is 4. The van der Waals surface area contributed by atoms with Crippen LogP contribution >= 0.6 is 0 Å². The van der Waals surface area contributed by atoms with Crippen molar-refractivity contribution in [1.29, 1.82) is 0 Å². The van der Waals surface area contributed by atoms with E-state index in [0.717, 1.165) is 65.3 Å². The van der Waals surface area contributed by atoms with Gasteiger partial charge < -0.3 is 29.8 Å². The number of alkyl halides is 3. The van der Waals surface area contributed by atoms with Crippen LogP contribution in [0.4, 0.5) is 13.2 Å². The van der Waals surface area contributed by atoms with Gasteiger partial charge in [0, 0.05) is 49.7 Å². The molecule has 5 aromatic carbocycles. The first-order valence-electron chi connectivity index (χ1n) is 18.9. The molecule has 6 atom stereocenters. The van der Waals surface area contributed by atoms with Gasteiger partial charge in [-0.05, 0) is 87.1 Å². The van der Waals surface area contributed by atoms with Crippen LogP contribution in [0.1, 0.15) is 50.6 Å². The lowest BCUT2D eigenvalue weighted by atomic mass is 9.88. The molecule has 0 bridgehead atoms. The van der Waals surface area contributed by atoms with Crippen molar-refractivity contribution < 1.29 is 36.5 Å². The number of sulfonamides is 1. The number of aliphatic hydroxyl groups excluding tert-OH is 2. The van der Waals surface area contributed by atoms with Gasteiger partial charge in [0.1, 0.15) is 5.75 Å². The Labute approximate surface area is 322 Å². The van der Waals surface area contributed by atoms with E-state index >= 15 is 0 Å². The zero-order valence-corrected chi connectivity index (χ0v) is 31.2. The lowest BCUT2D eigenvalue weighted by Gasteiger charge is -2.36. The zero-order valence-electron chi connectivity index (χ0n) is 30.4. The Morgan fingerprint density at radius 3 is 1.46 bits per heavy atom. The predicted octanol–water partition coefficient (Wildman–Crippen LogP) is 8.33. The third kappa shape index (κ3) is 7.25. The number of hydrogen-bond acceptors (Lipinski definition) is 6. The monoisotopic (exact) mass is 784 g/mol. The van der Waals surface area contributed by atoms with Crippen molar-refractivity contribution in [3.63, 3.8) is 0 Å². The Bertz CT molecular complexity index is 2500. The third-order valence-electron chi connectivity index (χ3n) is 11.3. The summed E-state index contributed by atoms with van der Waals surface area (Å²) in [6, 6.07) is 35.5. The molecule has 2 saturated carbocycles. The normalized spacial score (nSPS) is 23.3. The highest BCUT2D eigenvalue weighted by atomic mass is 32.2. The molecule has 13 heteroatoms. The van der Waals surface area contributed by atoms with Crippen LogP contribution in [0.5, 0.6) is 5.75 Å². The molecule has 0 spiro atoms. The quantitative estimate of drug-likeness (QED) is 0.134. The number of aliphatic hydroxyl groups is 2. The zero-order chi connectivity index (χ0) is 39.2. The summed E-state index contributed by atoms with van der Waals surface area (Å²) in [7, 11) is -4.09. The van der Waals surface area contributed by atoms with Crippen molar-refractivity contribution in [3.8, 4) is 5.75 Å². The number of nitrogens with zero attached hydrogens (tertiary/aromatic N) is 2. The first-order valence-corrected chi connectivity index (χ1v) is 20.3. The number of benzene rings is 5. The standard InChI is InChI=1S/C25H23F3N2O4S.C18H20N2O/c26-25(27,28)34-16-12-14-17(15-13-16)35(32,33)29-20-8-5-11-23(24(20)31)30-21-9-3-1-6-18(21)19-7-2-4-10-22(19)30;19-14-8-5-11-17(18(14)21)20-15-9-3-1-6-12(15)13-7-2-4-10-16(13)20/h1-4,6-7,9-10,12-15,20,23-24,29,31H,5,8,11H2;1-4,6-7,9-10,14,17-18,21H,5,8,11,19H2/t20-,23?,24+;14-,17?,18+/m00/s1. The highest BCUT2D eigenvalue weighted by molar-refractivity contribution is 7.89. The van der Waals surface area contributed by atoms with Crippen molar-refractivity contribution in [3.05, 3.63) is 121 Å².